The maximum absolute atomic E-state index is 5.72. The van der Waals surface area contributed by atoms with Crippen LogP contribution in [-0.2, 0) is 7.05 Å². The maximum atomic E-state index is 5.72. The molecule has 132 valence electrons. The van der Waals surface area contributed by atoms with Crippen LogP contribution in [0.4, 0.5) is 5.69 Å². The summed E-state index contributed by atoms with van der Waals surface area (Å²) >= 11 is 5.72. The summed E-state index contributed by atoms with van der Waals surface area (Å²) in [4.78, 5) is 6.69. The number of aryl methyl sites for hydroxylation is 1. The first-order valence-electron chi connectivity index (χ1n) is 8.44. The molecule has 0 saturated carbocycles. The predicted octanol–water partition coefficient (Wildman–Crippen LogP) is 3.61. The standard InChI is InChI=1S/C20H20N4OS/c1-23-12-10-14(13-23)19-18(15-7-5-6-11-21-15)22-20(26)24(19)16-8-3-4-9-17(16)25-2/h3-13,18-19H,1-2H3,(H,22,26)/t18-,19-/m1/s1. The lowest BCUT2D eigenvalue weighted by Gasteiger charge is -2.28. The van der Waals surface area contributed by atoms with Gasteiger partial charge in [-0.05, 0) is 48.1 Å². The van der Waals surface area contributed by atoms with Crippen molar-refractivity contribution in [3.8, 4) is 5.75 Å². The van der Waals surface area contributed by atoms with Crippen molar-refractivity contribution in [1.82, 2.24) is 14.9 Å². The van der Waals surface area contributed by atoms with Crippen molar-refractivity contribution in [3.05, 3.63) is 78.4 Å². The molecule has 2 aromatic heterocycles. The molecule has 6 heteroatoms. The second kappa shape index (κ2) is 6.80. The minimum Gasteiger partial charge on any atom is -0.495 e. The van der Waals surface area contributed by atoms with Crippen LogP contribution in [0.3, 0.4) is 0 Å². The van der Waals surface area contributed by atoms with Crippen molar-refractivity contribution in [2.24, 2.45) is 7.05 Å². The van der Waals surface area contributed by atoms with E-state index in [1.165, 1.54) is 5.56 Å². The fourth-order valence-electron chi connectivity index (χ4n) is 3.48. The second-order valence-corrected chi connectivity index (χ2v) is 6.67. The Morgan fingerprint density at radius 3 is 2.62 bits per heavy atom. The lowest BCUT2D eigenvalue weighted by molar-refractivity contribution is 0.414. The van der Waals surface area contributed by atoms with Crippen molar-refractivity contribution in [3.63, 3.8) is 0 Å². The van der Waals surface area contributed by atoms with Gasteiger partial charge in [0.05, 0.1) is 30.6 Å². The smallest absolute Gasteiger partial charge is 0.174 e. The van der Waals surface area contributed by atoms with Gasteiger partial charge in [0.15, 0.2) is 5.11 Å². The van der Waals surface area contributed by atoms with Crippen molar-refractivity contribution < 1.29 is 4.74 Å². The molecule has 0 spiro atoms. The van der Waals surface area contributed by atoms with Crippen LogP contribution in [0, 0.1) is 0 Å². The van der Waals surface area contributed by atoms with Crippen molar-refractivity contribution in [2.75, 3.05) is 12.0 Å². The highest BCUT2D eigenvalue weighted by molar-refractivity contribution is 7.80. The Kier molecular flexibility index (Phi) is 4.34. The lowest BCUT2D eigenvalue weighted by atomic mass is 9.98. The number of thiocarbonyl (C=S) groups is 1. The Hall–Kier alpha value is -2.86. The van der Waals surface area contributed by atoms with Crippen molar-refractivity contribution >= 4 is 23.0 Å². The molecule has 1 saturated heterocycles. The van der Waals surface area contributed by atoms with Crippen LogP contribution in [0.15, 0.2) is 67.1 Å². The van der Waals surface area contributed by atoms with Gasteiger partial charge < -0.3 is 19.5 Å². The monoisotopic (exact) mass is 364 g/mol. The number of nitrogens with one attached hydrogen (secondary N) is 1. The van der Waals surface area contributed by atoms with Gasteiger partial charge in [-0.1, -0.05) is 18.2 Å². The van der Waals surface area contributed by atoms with Gasteiger partial charge in [-0.2, -0.15) is 0 Å². The number of hydrogen-bond donors (Lipinski definition) is 1. The van der Waals surface area contributed by atoms with E-state index in [-0.39, 0.29) is 12.1 Å². The number of aromatic nitrogens is 2. The van der Waals surface area contributed by atoms with Crippen LogP contribution in [0.25, 0.3) is 0 Å². The summed E-state index contributed by atoms with van der Waals surface area (Å²) in [6.07, 6.45) is 5.99. The Balaban J connectivity index is 1.85. The Morgan fingerprint density at radius 1 is 1.12 bits per heavy atom. The largest absolute Gasteiger partial charge is 0.495 e. The SMILES string of the molecule is COc1ccccc1N1C(=S)N[C@H](c2ccccn2)[C@H]1c1ccn(C)c1. The summed E-state index contributed by atoms with van der Waals surface area (Å²) in [5.74, 6) is 0.791. The number of ether oxygens (including phenoxy) is 1. The summed E-state index contributed by atoms with van der Waals surface area (Å²) in [7, 11) is 3.70. The van der Waals surface area contributed by atoms with E-state index in [1.807, 2.05) is 66.5 Å². The van der Waals surface area contributed by atoms with Crippen LogP contribution < -0.4 is 15.0 Å². The number of pyridine rings is 1. The molecule has 0 radical (unpaired) electrons. The predicted molar refractivity (Wildman–Crippen MR) is 106 cm³/mol. The molecule has 2 atom stereocenters. The van der Waals surface area contributed by atoms with Crippen LogP contribution in [-0.4, -0.2) is 21.8 Å². The molecular formula is C20H20N4OS. The van der Waals surface area contributed by atoms with Crippen LogP contribution in [0.2, 0.25) is 0 Å². The quantitative estimate of drug-likeness (QED) is 0.717. The van der Waals surface area contributed by atoms with Crippen LogP contribution >= 0.6 is 12.2 Å². The highest BCUT2D eigenvalue weighted by atomic mass is 32.1. The van der Waals surface area contributed by atoms with Gasteiger partial charge in [-0.3, -0.25) is 4.98 Å². The van der Waals surface area contributed by atoms with E-state index < -0.39 is 0 Å². The number of methoxy groups -OCH3 is 1. The molecule has 1 fully saturated rings. The average Bonchev–Trinajstić information content (AvgIpc) is 3.25. The van der Waals surface area contributed by atoms with E-state index in [1.54, 1.807) is 7.11 Å². The molecular weight excluding hydrogens is 344 g/mol. The zero-order valence-corrected chi connectivity index (χ0v) is 15.5. The minimum atomic E-state index is -0.0454. The van der Waals surface area contributed by atoms with Crippen molar-refractivity contribution in [1.29, 1.82) is 0 Å². The van der Waals surface area contributed by atoms with Gasteiger partial charge in [-0.15, -0.1) is 0 Å². The fraction of sp³-hybridized carbons (Fsp3) is 0.200. The zero-order chi connectivity index (χ0) is 18.1. The number of rotatable bonds is 4. The highest BCUT2D eigenvalue weighted by Gasteiger charge is 2.41. The topological polar surface area (TPSA) is 42.3 Å². The molecule has 1 aromatic carbocycles. The third kappa shape index (κ3) is 2.82. The summed E-state index contributed by atoms with van der Waals surface area (Å²) in [5.41, 5.74) is 3.07. The van der Waals surface area contributed by atoms with E-state index in [4.69, 9.17) is 17.0 Å². The molecule has 5 nitrogen and oxygen atoms in total. The van der Waals surface area contributed by atoms with Gasteiger partial charge in [0.25, 0.3) is 0 Å². The molecule has 0 amide bonds. The molecule has 0 bridgehead atoms. The molecule has 3 aromatic rings. The average molecular weight is 364 g/mol. The second-order valence-electron chi connectivity index (χ2n) is 6.28. The van der Waals surface area contributed by atoms with E-state index in [9.17, 15) is 0 Å². The molecule has 0 aliphatic carbocycles. The number of hydrogen-bond acceptors (Lipinski definition) is 3. The maximum Gasteiger partial charge on any atom is 0.174 e. The number of anilines is 1. The number of nitrogens with zero attached hydrogens (tertiary/aromatic N) is 3. The zero-order valence-electron chi connectivity index (χ0n) is 14.7. The molecule has 1 aliphatic heterocycles. The van der Waals surface area contributed by atoms with Crippen LogP contribution in [0.5, 0.6) is 5.75 Å². The fourth-order valence-corrected chi connectivity index (χ4v) is 3.82. The number of para-hydroxylation sites is 2. The first-order chi connectivity index (χ1) is 12.7. The van der Waals surface area contributed by atoms with Crippen LogP contribution in [0.1, 0.15) is 23.3 Å². The van der Waals surface area contributed by atoms with Gasteiger partial charge in [0.2, 0.25) is 0 Å². The summed E-state index contributed by atoms with van der Waals surface area (Å²) < 4.78 is 7.63. The molecule has 26 heavy (non-hydrogen) atoms. The highest BCUT2D eigenvalue weighted by Crippen LogP contribution is 2.44. The van der Waals surface area contributed by atoms with Gasteiger partial charge in [-0.25, -0.2) is 0 Å². The Bertz CT molecular complexity index is 924. The molecule has 3 heterocycles. The van der Waals surface area contributed by atoms with Gasteiger partial charge in [0, 0.05) is 25.6 Å². The van der Waals surface area contributed by atoms with E-state index >= 15 is 0 Å². The van der Waals surface area contributed by atoms with E-state index in [2.05, 4.69) is 27.5 Å². The Labute approximate surface area is 158 Å². The first-order valence-corrected chi connectivity index (χ1v) is 8.85. The third-order valence-corrected chi connectivity index (χ3v) is 4.95. The number of benzene rings is 1. The summed E-state index contributed by atoms with van der Waals surface area (Å²) in [5, 5.41) is 4.12. The molecule has 1 aliphatic rings. The van der Waals surface area contributed by atoms with E-state index in [0.29, 0.717) is 5.11 Å². The summed E-state index contributed by atoms with van der Waals surface area (Å²) in [6, 6.07) is 16.0. The van der Waals surface area contributed by atoms with E-state index in [0.717, 1.165) is 17.1 Å². The minimum absolute atomic E-state index is 0.0186. The third-order valence-electron chi connectivity index (χ3n) is 4.64. The van der Waals surface area contributed by atoms with Gasteiger partial charge >= 0.3 is 0 Å². The summed E-state index contributed by atoms with van der Waals surface area (Å²) in [6.45, 7) is 0. The van der Waals surface area contributed by atoms with Crippen molar-refractivity contribution in [2.45, 2.75) is 12.1 Å². The normalized spacial score (nSPS) is 19.5. The molecule has 4 rings (SSSR count). The Morgan fingerprint density at radius 2 is 1.92 bits per heavy atom. The molecule has 0 unspecified atom stereocenters. The first kappa shape index (κ1) is 16.6. The van der Waals surface area contributed by atoms with Gasteiger partial charge in [0.1, 0.15) is 5.75 Å². The lowest BCUT2D eigenvalue weighted by Crippen LogP contribution is -2.29. The molecule has 1 N–H and O–H groups in total.